The van der Waals surface area contributed by atoms with Crippen LogP contribution in [0.25, 0.3) is 9.75 Å². The minimum Gasteiger partial charge on any atom is -0.142 e. The second kappa shape index (κ2) is 9.19. The van der Waals surface area contributed by atoms with Gasteiger partial charge in [-0.05, 0) is 36.5 Å². The molecule has 0 bridgehead atoms. The first-order chi connectivity index (χ1) is 9.83. The van der Waals surface area contributed by atoms with E-state index in [1.165, 1.54) is 56.7 Å². The first-order valence-electron chi connectivity index (χ1n) is 7.26. The molecule has 0 saturated heterocycles. The number of hydrogen-bond acceptors (Lipinski definition) is 4. The summed E-state index contributed by atoms with van der Waals surface area (Å²) in [7, 11) is 0. The van der Waals surface area contributed by atoms with Gasteiger partial charge in [-0.1, -0.05) is 26.7 Å². The van der Waals surface area contributed by atoms with Gasteiger partial charge in [-0.2, -0.15) is 0 Å². The predicted octanol–water partition coefficient (Wildman–Crippen LogP) is 7.26. The highest BCUT2D eigenvalue weighted by Crippen LogP contribution is 2.38. The lowest BCUT2D eigenvalue weighted by Gasteiger charge is -1.95. The van der Waals surface area contributed by atoms with Gasteiger partial charge >= 0.3 is 0 Å². The van der Waals surface area contributed by atoms with Crippen molar-refractivity contribution in [2.45, 2.75) is 49.3 Å². The maximum atomic E-state index is 2.36. The summed E-state index contributed by atoms with van der Waals surface area (Å²) < 4.78 is 0. The van der Waals surface area contributed by atoms with Gasteiger partial charge in [-0.25, -0.2) is 0 Å². The Bertz CT molecular complexity index is 452. The highest BCUT2D eigenvalue weighted by atomic mass is 32.2. The molecule has 0 aliphatic carbocycles. The minimum atomic E-state index is 1.25. The van der Waals surface area contributed by atoms with E-state index in [4.69, 9.17) is 0 Å². The Kier molecular flexibility index (Phi) is 7.56. The van der Waals surface area contributed by atoms with Gasteiger partial charge in [0.05, 0.1) is 0 Å². The molecule has 0 saturated carbocycles. The summed E-state index contributed by atoms with van der Waals surface area (Å²) in [6.07, 6.45) is 5.20. The Morgan fingerprint density at radius 2 is 1.25 bits per heavy atom. The number of rotatable bonds is 9. The van der Waals surface area contributed by atoms with Crippen molar-refractivity contribution in [2.24, 2.45) is 0 Å². The van der Waals surface area contributed by atoms with Gasteiger partial charge in [0.25, 0.3) is 0 Å². The van der Waals surface area contributed by atoms with E-state index >= 15 is 0 Å². The van der Waals surface area contributed by atoms with Crippen molar-refractivity contribution >= 4 is 46.2 Å². The molecule has 0 radical (unpaired) electrons. The van der Waals surface area contributed by atoms with Crippen LogP contribution in [0.5, 0.6) is 0 Å². The summed E-state index contributed by atoms with van der Waals surface area (Å²) in [5, 5.41) is 4.61. The molecule has 0 amide bonds. The maximum Gasteiger partial charge on any atom is 0.0454 e. The zero-order valence-corrected chi connectivity index (χ0v) is 15.5. The molecular weight excluding hydrogens is 320 g/mol. The summed E-state index contributed by atoms with van der Waals surface area (Å²) in [6, 6.07) is 4.72. The van der Waals surface area contributed by atoms with E-state index in [2.05, 4.69) is 36.7 Å². The number of hydrogen-bond donors (Lipinski definition) is 0. The van der Waals surface area contributed by atoms with Gasteiger partial charge in [-0.3, -0.25) is 0 Å². The van der Waals surface area contributed by atoms with E-state index in [1.54, 1.807) is 0 Å². The molecule has 0 nitrogen and oxygen atoms in total. The van der Waals surface area contributed by atoms with Gasteiger partial charge < -0.3 is 0 Å². The second-order valence-electron chi connectivity index (χ2n) is 4.70. The first kappa shape index (κ1) is 16.5. The molecule has 0 atom stereocenters. The number of thiophene rings is 2. The molecule has 0 unspecified atom stereocenters. The van der Waals surface area contributed by atoms with E-state index in [1.807, 2.05) is 46.2 Å². The molecule has 0 spiro atoms. The Labute approximate surface area is 139 Å². The third kappa shape index (κ3) is 5.14. The van der Waals surface area contributed by atoms with Crippen LogP contribution in [-0.4, -0.2) is 11.5 Å². The average molecular weight is 343 g/mol. The highest BCUT2D eigenvalue weighted by molar-refractivity contribution is 7.99. The van der Waals surface area contributed by atoms with Crippen LogP contribution in [0, 0.1) is 0 Å². The first-order valence-corrected chi connectivity index (χ1v) is 11.0. The third-order valence-corrected chi connectivity index (χ3v) is 7.41. The fourth-order valence-electron chi connectivity index (χ4n) is 1.72. The minimum absolute atomic E-state index is 1.25. The smallest absolute Gasteiger partial charge is 0.0454 e. The summed E-state index contributed by atoms with van der Waals surface area (Å²) in [4.78, 5) is 5.73. The molecule has 0 aromatic carbocycles. The number of unbranched alkanes of at least 4 members (excludes halogenated alkanes) is 2. The molecule has 0 aliphatic heterocycles. The quantitative estimate of drug-likeness (QED) is 0.347. The fourth-order valence-corrected chi connectivity index (χ4v) is 6.09. The molecule has 2 rings (SSSR count). The molecule has 0 aliphatic rings. The van der Waals surface area contributed by atoms with Crippen LogP contribution >= 0.6 is 46.2 Å². The molecule has 2 aromatic heterocycles. The van der Waals surface area contributed by atoms with E-state index in [-0.39, 0.29) is 0 Å². The van der Waals surface area contributed by atoms with Crippen molar-refractivity contribution < 1.29 is 0 Å². The van der Waals surface area contributed by atoms with Gasteiger partial charge in [0, 0.05) is 30.3 Å². The summed E-state index contributed by atoms with van der Waals surface area (Å²) in [6.45, 7) is 4.51. The van der Waals surface area contributed by atoms with Crippen molar-refractivity contribution in [1.82, 2.24) is 0 Å². The fraction of sp³-hybridized carbons (Fsp3) is 0.500. The topological polar surface area (TPSA) is 0 Å². The Balaban J connectivity index is 1.90. The van der Waals surface area contributed by atoms with Gasteiger partial charge in [0.1, 0.15) is 0 Å². The van der Waals surface area contributed by atoms with Crippen LogP contribution < -0.4 is 0 Å². The summed E-state index contributed by atoms with van der Waals surface area (Å²) >= 11 is 7.75. The normalized spacial score (nSPS) is 11.1. The van der Waals surface area contributed by atoms with Crippen molar-refractivity contribution in [3.05, 3.63) is 22.9 Å². The lowest BCUT2D eigenvalue weighted by atomic mass is 10.4. The maximum absolute atomic E-state index is 2.36. The lowest BCUT2D eigenvalue weighted by molar-refractivity contribution is 0.896. The monoisotopic (exact) mass is 342 g/mol. The van der Waals surface area contributed by atoms with Crippen LogP contribution in [-0.2, 0) is 0 Å². The van der Waals surface area contributed by atoms with Crippen LogP contribution in [0.1, 0.15) is 39.5 Å². The molecule has 4 heteroatoms. The van der Waals surface area contributed by atoms with Crippen molar-refractivity contribution in [3.63, 3.8) is 0 Å². The Morgan fingerprint density at radius 1 is 0.800 bits per heavy atom. The molecular formula is C16H22S4. The van der Waals surface area contributed by atoms with E-state index in [0.29, 0.717) is 0 Å². The highest BCUT2D eigenvalue weighted by Gasteiger charge is 2.07. The Hall–Kier alpha value is 0.1000. The van der Waals surface area contributed by atoms with E-state index in [9.17, 15) is 0 Å². The molecule has 2 heterocycles. The van der Waals surface area contributed by atoms with Crippen molar-refractivity contribution in [1.29, 1.82) is 0 Å². The van der Waals surface area contributed by atoms with Crippen LogP contribution in [0.3, 0.4) is 0 Å². The zero-order valence-electron chi connectivity index (χ0n) is 12.2. The van der Waals surface area contributed by atoms with Gasteiger partial charge in [0.15, 0.2) is 0 Å². The van der Waals surface area contributed by atoms with Crippen molar-refractivity contribution in [3.8, 4) is 9.75 Å². The zero-order chi connectivity index (χ0) is 14.2. The van der Waals surface area contributed by atoms with Crippen molar-refractivity contribution in [2.75, 3.05) is 11.5 Å². The van der Waals surface area contributed by atoms with Crippen LogP contribution in [0.2, 0.25) is 0 Å². The lowest BCUT2D eigenvalue weighted by Crippen LogP contribution is -1.75. The van der Waals surface area contributed by atoms with E-state index < -0.39 is 0 Å². The molecule has 0 fully saturated rings. The van der Waals surface area contributed by atoms with E-state index in [0.717, 1.165) is 0 Å². The van der Waals surface area contributed by atoms with Gasteiger partial charge in [0.2, 0.25) is 0 Å². The van der Waals surface area contributed by atoms with Crippen LogP contribution in [0.4, 0.5) is 0 Å². The molecule has 20 heavy (non-hydrogen) atoms. The summed E-state index contributed by atoms with van der Waals surface area (Å²) in [5.41, 5.74) is 0. The standard InChI is InChI=1S/C16H22S4/c1-3-5-7-17-13-9-15(19-11-13)16-10-14(12-20-16)18-8-6-4-2/h9-12H,3-8H2,1-2H3. The largest absolute Gasteiger partial charge is 0.142 e. The SMILES string of the molecule is CCCCSc1csc(-c2cc(SCCCC)cs2)c1. The molecule has 0 N–H and O–H groups in total. The molecule has 2 aromatic rings. The predicted molar refractivity (Wildman–Crippen MR) is 98.9 cm³/mol. The van der Waals surface area contributed by atoms with Crippen LogP contribution in [0.15, 0.2) is 32.7 Å². The third-order valence-electron chi connectivity index (χ3n) is 2.93. The average Bonchev–Trinajstić information content (AvgIpc) is 3.08. The Morgan fingerprint density at radius 3 is 1.65 bits per heavy atom. The van der Waals surface area contributed by atoms with Gasteiger partial charge in [-0.15, -0.1) is 46.2 Å². The summed E-state index contributed by atoms with van der Waals surface area (Å²) in [5.74, 6) is 2.49. The number of thioether (sulfide) groups is 2. The molecule has 110 valence electrons. The second-order valence-corrected chi connectivity index (χ2v) is 8.86.